The minimum atomic E-state index is 1.20. The van der Waals surface area contributed by atoms with E-state index in [1.807, 2.05) is 0 Å². The van der Waals surface area contributed by atoms with Crippen molar-refractivity contribution in [3.8, 4) is 77.9 Å². The Morgan fingerprint density at radius 1 is 0.146 bits per heavy atom. The van der Waals surface area contributed by atoms with Crippen LogP contribution < -0.4 is 0 Å². The third kappa shape index (κ3) is 5.77. The fourth-order valence-corrected chi connectivity index (χ4v) is 6.82. The fraction of sp³-hybridized carbons (Fsp3) is 0. The molecule has 0 unspecified atom stereocenters. The van der Waals surface area contributed by atoms with Gasteiger partial charge in [-0.15, -0.1) is 0 Å². The first-order valence-electron chi connectivity index (χ1n) is 16.5. The Bertz CT molecular complexity index is 2310. The highest BCUT2D eigenvalue weighted by Gasteiger charge is 2.14. The Kier molecular flexibility index (Phi) is 8.05. The maximum absolute atomic E-state index is 2.32. The first-order chi connectivity index (χ1) is 23.8. The van der Waals surface area contributed by atoms with Gasteiger partial charge in [0.25, 0.3) is 0 Å². The lowest BCUT2D eigenvalue weighted by molar-refractivity contribution is 1.54. The van der Waals surface area contributed by atoms with E-state index in [1.165, 1.54) is 77.9 Å². The van der Waals surface area contributed by atoms with Crippen LogP contribution in [0.15, 0.2) is 206 Å². The van der Waals surface area contributed by atoms with E-state index in [4.69, 9.17) is 0 Å². The highest BCUT2D eigenvalue weighted by Crippen LogP contribution is 2.41. The average Bonchev–Trinajstić information content (AvgIpc) is 3.19. The van der Waals surface area contributed by atoms with E-state index in [9.17, 15) is 0 Å². The fourth-order valence-electron chi connectivity index (χ4n) is 6.82. The van der Waals surface area contributed by atoms with E-state index >= 15 is 0 Å². The summed E-state index contributed by atoms with van der Waals surface area (Å²) in [5.74, 6) is 0. The molecule has 8 rings (SSSR count). The molecule has 0 nitrogen and oxygen atoms in total. The normalized spacial score (nSPS) is 10.9. The lowest BCUT2D eigenvalue weighted by atomic mass is 9.88. The van der Waals surface area contributed by atoms with E-state index in [1.54, 1.807) is 0 Å². The van der Waals surface area contributed by atoms with Crippen LogP contribution in [0.3, 0.4) is 0 Å². The summed E-state index contributed by atoms with van der Waals surface area (Å²) >= 11 is 0. The van der Waals surface area contributed by atoms with Crippen LogP contribution in [0.2, 0.25) is 0 Å². The second-order valence-corrected chi connectivity index (χ2v) is 12.1. The molecule has 0 aliphatic rings. The largest absolute Gasteiger partial charge is 0.0622 e. The van der Waals surface area contributed by atoms with E-state index in [-0.39, 0.29) is 0 Å². The Morgan fingerprint density at radius 2 is 0.417 bits per heavy atom. The second-order valence-electron chi connectivity index (χ2n) is 12.1. The van der Waals surface area contributed by atoms with Crippen molar-refractivity contribution in [3.05, 3.63) is 206 Å². The minimum Gasteiger partial charge on any atom is -0.0622 e. The van der Waals surface area contributed by atoms with Crippen molar-refractivity contribution in [2.24, 2.45) is 0 Å². The Labute approximate surface area is 283 Å². The smallest absolute Gasteiger partial charge is 0.00992 e. The Hall–Kier alpha value is -6.24. The number of rotatable bonds is 7. The van der Waals surface area contributed by atoms with E-state index in [2.05, 4.69) is 206 Å². The maximum atomic E-state index is 2.32. The molecule has 0 aliphatic heterocycles. The summed E-state index contributed by atoms with van der Waals surface area (Å²) in [6.07, 6.45) is 0. The zero-order valence-electron chi connectivity index (χ0n) is 26.6. The molecule has 0 spiro atoms. The van der Waals surface area contributed by atoms with Gasteiger partial charge in [0.1, 0.15) is 0 Å². The van der Waals surface area contributed by atoms with Gasteiger partial charge in [-0.2, -0.15) is 0 Å². The third-order valence-electron chi connectivity index (χ3n) is 9.16. The van der Waals surface area contributed by atoms with Gasteiger partial charge < -0.3 is 0 Å². The molecule has 0 saturated heterocycles. The molecule has 226 valence electrons. The quantitative estimate of drug-likeness (QED) is 0.168. The SMILES string of the molecule is c1ccc(-c2ccccc2-c2ccccc2-c2ccc(-c3cccc(-c4ccccc4-c4ccccc4-c4ccccc4)c3)cc2)cc1. The van der Waals surface area contributed by atoms with E-state index in [0.717, 1.165) is 0 Å². The summed E-state index contributed by atoms with van der Waals surface area (Å²) in [5, 5.41) is 0. The molecular formula is C48H34. The van der Waals surface area contributed by atoms with Crippen molar-refractivity contribution in [1.29, 1.82) is 0 Å². The predicted octanol–water partition coefficient (Wildman–Crippen LogP) is 13.4. The molecular weight excluding hydrogens is 577 g/mol. The average molecular weight is 611 g/mol. The summed E-state index contributed by atoms with van der Waals surface area (Å²) in [6.45, 7) is 0. The molecule has 0 bridgehead atoms. The highest BCUT2D eigenvalue weighted by molar-refractivity contribution is 5.93. The maximum Gasteiger partial charge on any atom is -0.00992 e. The van der Waals surface area contributed by atoms with Crippen molar-refractivity contribution in [2.45, 2.75) is 0 Å². The van der Waals surface area contributed by atoms with E-state index < -0.39 is 0 Å². The first-order valence-corrected chi connectivity index (χ1v) is 16.5. The number of hydrogen-bond acceptors (Lipinski definition) is 0. The van der Waals surface area contributed by atoms with Crippen LogP contribution in [0, 0.1) is 0 Å². The molecule has 0 fully saturated rings. The van der Waals surface area contributed by atoms with Crippen LogP contribution in [0.4, 0.5) is 0 Å². The van der Waals surface area contributed by atoms with Crippen molar-refractivity contribution >= 4 is 0 Å². The molecule has 48 heavy (non-hydrogen) atoms. The summed E-state index contributed by atoms with van der Waals surface area (Å²) in [5.41, 5.74) is 17.1. The highest BCUT2D eigenvalue weighted by atomic mass is 14.2. The topological polar surface area (TPSA) is 0 Å². The van der Waals surface area contributed by atoms with Gasteiger partial charge in [-0.1, -0.05) is 200 Å². The van der Waals surface area contributed by atoms with Crippen LogP contribution in [0.25, 0.3) is 77.9 Å². The zero-order chi connectivity index (χ0) is 32.1. The van der Waals surface area contributed by atoms with Gasteiger partial charge >= 0.3 is 0 Å². The molecule has 0 heterocycles. The molecule has 0 heteroatoms. The van der Waals surface area contributed by atoms with Gasteiger partial charge in [-0.05, 0) is 84.0 Å². The van der Waals surface area contributed by atoms with Crippen LogP contribution >= 0.6 is 0 Å². The minimum absolute atomic E-state index is 1.20. The van der Waals surface area contributed by atoms with Gasteiger partial charge in [0.2, 0.25) is 0 Å². The van der Waals surface area contributed by atoms with Gasteiger partial charge in [0.15, 0.2) is 0 Å². The molecule has 0 N–H and O–H groups in total. The van der Waals surface area contributed by atoms with Crippen LogP contribution in [0.5, 0.6) is 0 Å². The van der Waals surface area contributed by atoms with Gasteiger partial charge in [0, 0.05) is 0 Å². The summed E-state index contributed by atoms with van der Waals surface area (Å²) in [4.78, 5) is 0. The molecule has 0 atom stereocenters. The molecule has 8 aromatic carbocycles. The van der Waals surface area contributed by atoms with Gasteiger partial charge in [-0.25, -0.2) is 0 Å². The van der Waals surface area contributed by atoms with Crippen molar-refractivity contribution < 1.29 is 0 Å². The Balaban J connectivity index is 1.14. The predicted molar refractivity (Wildman–Crippen MR) is 204 cm³/mol. The monoisotopic (exact) mass is 610 g/mol. The summed E-state index contributed by atoms with van der Waals surface area (Å²) < 4.78 is 0. The van der Waals surface area contributed by atoms with Crippen LogP contribution in [0.1, 0.15) is 0 Å². The van der Waals surface area contributed by atoms with Crippen molar-refractivity contribution in [1.82, 2.24) is 0 Å². The van der Waals surface area contributed by atoms with E-state index in [0.29, 0.717) is 0 Å². The first kappa shape index (κ1) is 29.2. The molecule has 0 amide bonds. The summed E-state index contributed by atoms with van der Waals surface area (Å²) in [6, 6.07) is 74.2. The number of hydrogen-bond donors (Lipinski definition) is 0. The Morgan fingerprint density at radius 3 is 0.833 bits per heavy atom. The van der Waals surface area contributed by atoms with Crippen molar-refractivity contribution in [2.75, 3.05) is 0 Å². The molecule has 0 saturated carbocycles. The number of benzene rings is 8. The van der Waals surface area contributed by atoms with Gasteiger partial charge in [-0.3, -0.25) is 0 Å². The lowest BCUT2D eigenvalue weighted by Gasteiger charge is -2.16. The summed E-state index contributed by atoms with van der Waals surface area (Å²) in [7, 11) is 0. The van der Waals surface area contributed by atoms with Crippen LogP contribution in [-0.2, 0) is 0 Å². The molecule has 8 aromatic rings. The molecule has 0 radical (unpaired) electrons. The molecule has 0 aromatic heterocycles. The lowest BCUT2D eigenvalue weighted by Crippen LogP contribution is -1.90. The van der Waals surface area contributed by atoms with Gasteiger partial charge in [0.05, 0.1) is 0 Å². The molecule has 0 aliphatic carbocycles. The zero-order valence-corrected chi connectivity index (χ0v) is 26.6. The standard InChI is InChI=1S/C48H34/c1-3-16-36(17-4-1)41-22-7-11-26-45(41)47-28-13-9-24-43(47)38-32-30-35(31-33-38)39-20-15-21-40(34-39)44-25-10-14-29-48(44)46-27-12-8-23-42(46)37-18-5-2-6-19-37/h1-34H. The van der Waals surface area contributed by atoms with Crippen molar-refractivity contribution in [3.63, 3.8) is 0 Å². The second kappa shape index (κ2) is 13.2. The van der Waals surface area contributed by atoms with Crippen LogP contribution in [-0.4, -0.2) is 0 Å². The third-order valence-corrected chi connectivity index (χ3v) is 9.16.